The van der Waals surface area contributed by atoms with E-state index in [1.807, 2.05) is 23.7 Å². The maximum atomic E-state index is 11.8. The highest BCUT2D eigenvalue weighted by molar-refractivity contribution is 9.11. The number of nitrogens with one attached hydrogen (secondary N) is 1. The first-order valence-corrected chi connectivity index (χ1v) is 10.8. The second-order valence-corrected chi connectivity index (χ2v) is 8.09. The molecule has 2 aromatic heterocycles. The second-order valence-electron chi connectivity index (χ2n) is 7.24. The van der Waals surface area contributed by atoms with Crippen LogP contribution < -0.4 is 10.2 Å². The number of unbranched alkanes of at least 4 members (excludes halogenated alkanes) is 1. The van der Waals surface area contributed by atoms with Crippen molar-refractivity contribution in [3.05, 3.63) is 53.1 Å². The number of amides is 1. The molecule has 2 aromatic rings. The quantitative estimate of drug-likeness (QED) is 0.305. The number of pyridine rings is 1. The number of anilines is 1. The van der Waals surface area contributed by atoms with Gasteiger partial charge in [0.05, 0.1) is 28.2 Å². The van der Waals surface area contributed by atoms with Crippen LogP contribution in [0.4, 0.5) is 5.69 Å². The van der Waals surface area contributed by atoms with E-state index in [9.17, 15) is 4.79 Å². The van der Waals surface area contributed by atoms with Gasteiger partial charge in [-0.3, -0.25) is 9.79 Å². The number of carbonyl (C=O) groups excluding carboxylic acids is 1. The molecule has 0 aromatic carbocycles. The lowest BCUT2D eigenvalue weighted by molar-refractivity contribution is -0.107. The van der Waals surface area contributed by atoms with Crippen LogP contribution in [0.1, 0.15) is 49.8 Å². The summed E-state index contributed by atoms with van der Waals surface area (Å²) >= 11 is 3.42. The summed E-state index contributed by atoms with van der Waals surface area (Å²) in [5, 5.41) is 3.01. The summed E-state index contributed by atoms with van der Waals surface area (Å²) < 4.78 is 2.88. The highest BCUT2D eigenvalue weighted by Gasteiger charge is 2.26. The van der Waals surface area contributed by atoms with E-state index in [2.05, 4.69) is 52.0 Å². The van der Waals surface area contributed by atoms with E-state index in [0.29, 0.717) is 19.0 Å². The van der Waals surface area contributed by atoms with Crippen molar-refractivity contribution in [3.8, 4) is 0 Å². The Hall–Kier alpha value is -2.41. The number of hydrogen-bond donors (Lipinski definition) is 1. The molecule has 1 saturated carbocycles. The third kappa shape index (κ3) is 5.35. The van der Waals surface area contributed by atoms with Crippen LogP contribution in [-0.2, 0) is 11.3 Å². The molecule has 0 bridgehead atoms. The Balaban J connectivity index is 1.96. The van der Waals surface area contributed by atoms with E-state index in [0.717, 1.165) is 46.6 Å². The lowest BCUT2D eigenvalue weighted by Crippen LogP contribution is -2.23. The fourth-order valence-electron chi connectivity index (χ4n) is 3.18. The highest BCUT2D eigenvalue weighted by Crippen LogP contribution is 2.41. The number of fused-ring (bicyclic) bond motifs is 1. The summed E-state index contributed by atoms with van der Waals surface area (Å²) in [5.41, 5.74) is 4.58. The topological polar surface area (TPSA) is 62.0 Å². The highest BCUT2D eigenvalue weighted by atomic mass is 79.9. The summed E-state index contributed by atoms with van der Waals surface area (Å²) in [6, 6.07) is 2.14. The maximum Gasteiger partial charge on any atom is 0.214 e. The SMILES string of the molecule is C=CC(/C=C(/Br)NC)=NCc1cn2cc(C3CC3)cc(N(C=O)CCCC)c2n1. The van der Waals surface area contributed by atoms with Crippen LogP contribution in [0.25, 0.3) is 5.65 Å². The first-order chi connectivity index (χ1) is 14.1. The Bertz CT molecular complexity index is 942. The number of carbonyl (C=O) groups is 1. The molecule has 154 valence electrons. The minimum atomic E-state index is 0.442. The van der Waals surface area contributed by atoms with Crippen molar-refractivity contribution >= 4 is 39.4 Å². The molecule has 1 aliphatic carbocycles. The Labute approximate surface area is 180 Å². The summed E-state index contributed by atoms with van der Waals surface area (Å²) in [5.74, 6) is 0.595. The van der Waals surface area contributed by atoms with Gasteiger partial charge in [0.1, 0.15) is 0 Å². The lowest BCUT2D eigenvalue weighted by atomic mass is 10.1. The Morgan fingerprint density at radius 2 is 2.28 bits per heavy atom. The molecule has 0 unspecified atom stereocenters. The van der Waals surface area contributed by atoms with Gasteiger partial charge in [-0.25, -0.2) is 4.98 Å². The van der Waals surface area contributed by atoms with Gasteiger partial charge in [0.2, 0.25) is 6.41 Å². The molecule has 0 atom stereocenters. The van der Waals surface area contributed by atoms with Gasteiger partial charge in [-0.05, 0) is 64.9 Å². The van der Waals surface area contributed by atoms with E-state index < -0.39 is 0 Å². The van der Waals surface area contributed by atoms with Gasteiger partial charge in [-0.1, -0.05) is 19.9 Å². The van der Waals surface area contributed by atoms with E-state index in [1.165, 1.54) is 18.4 Å². The number of hydrogen-bond acceptors (Lipinski definition) is 4. The smallest absolute Gasteiger partial charge is 0.214 e. The Kier molecular flexibility index (Phi) is 7.25. The van der Waals surface area contributed by atoms with Crippen LogP contribution in [0.3, 0.4) is 0 Å². The van der Waals surface area contributed by atoms with Crippen LogP contribution in [0.2, 0.25) is 0 Å². The minimum absolute atomic E-state index is 0.442. The average Bonchev–Trinajstić information content (AvgIpc) is 3.50. The van der Waals surface area contributed by atoms with Crippen molar-refractivity contribution in [1.29, 1.82) is 0 Å². The summed E-state index contributed by atoms with van der Waals surface area (Å²) in [6.45, 7) is 7.10. The Morgan fingerprint density at radius 3 is 2.90 bits per heavy atom. The van der Waals surface area contributed by atoms with Crippen molar-refractivity contribution < 1.29 is 4.79 Å². The molecular weight excluding hydrogens is 430 g/mol. The number of nitrogens with zero attached hydrogens (tertiary/aromatic N) is 4. The predicted molar refractivity (Wildman–Crippen MR) is 123 cm³/mol. The van der Waals surface area contributed by atoms with E-state index in [4.69, 9.17) is 4.98 Å². The zero-order chi connectivity index (χ0) is 20.8. The van der Waals surface area contributed by atoms with Crippen LogP contribution in [0.15, 0.2) is 46.8 Å². The summed E-state index contributed by atoms with van der Waals surface area (Å²) in [6.07, 6.45) is 13.1. The maximum absolute atomic E-state index is 11.8. The molecule has 1 fully saturated rings. The second kappa shape index (κ2) is 9.87. The zero-order valence-electron chi connectivity index (χ0n) is 17.1. The summed E-state index contributed by atoms with van der Waals surface area (Å²) in [7, 11) is 1.83. The molecule has 0 aliphatic heterocycles. The Morgan fingerprint density at radius 1 is 1.48 bits per heavy atom. The molecule has 3 rings (SSSR count). The largest absolute Gasteiger partial charge is 0.382 e. The van der Waals surface area contributed by atoms with E-state index in [1.54, 1.807) is 11.0 Å². The number of rotatable bonds is 11. The molecule has 0 radical (unpaired) electrons. The fourth-order valence-corrected chi connectivity index (χ4v) is 3.42. The predicted octanol–water partition coefficient (Wildman–Crippen LogP) is 4.56. The average molecular weight is 458 g/mol. The molecule has 1 aliphatic rings. The molecule has 0 spiro atoms. The van der Waals surface area contributed by atoms with Crippen LogP contribution in [-0.4, -0.2) is 35.1 Å². The van der Waals surface area contributed by atoms with Gasteiger partial charge < -0.3 is 14.6 Å². The molecule has 0 saturated heterocycles. The van der Waals surface area contributed by atoms with Crippen molar-refractivity contribution in [3.63, 3.8) is 0 Å². The molecule has 29 heavy (non-hydrogen) atoms. The first kappa shape index (κ1) is 21.3. The molecule has 1 amide bonds. The molecule has 7 heteroatoms. The molecule has 6 nitrogen and oxygen atoms in total. The van der Waals surface area contributed by atoms with Crippen LogP contribution in [0.5, 0.6) is 0 Å². The molecule has 2 heterocycles. The van der Waals surface area contributed by atoms with Crippen molar-refractivity contribution in [2.45, 2.75) is 45.1 Å². The zero-order valence-corrected chi connectivity index (χ0v) is 18.7. The normalized spacial score (nSPS) is 14.9. The third-order valence-corrected chi connectivity index (χ3v) is 5.61. The van der Waals surface area contributed by atoms with Crippen molar-refractivity contribution in [1.82, 2.24) is 14.7 Å². The number of allylic oxidation sites excluding steroid dienone is 2. The number of imidazole rings is 1. The number of halogens is 1. The lowest BCUT2D eigenvalue weighted by Gasteiger charge is -2.19. The monoisotopic (exact) mass is 457 g/mol. The van der Waals surface area contributed by atoms with Gasteiger partial charge in [0, 0.05) is 26.0 Å². The van der Waals surface area contributed by atoms with Crippen molar-refractivity contribution in [2.75, 3.05) is 18.5 Å². The van der Waals surface area contributed by atoms with Crippen LogP contribution >= 0.6 is 15.9 Å². The van der Waals surface area contributed by atoms with Gasteiger partial charge in [-0.2, -0.15) is 0 Å². The van der Waals surface area contributed by atoms with Gasteiger partial charge in [0.25, 0.3) is 0 Å². The standard InChI is InChI=1S/C22H28BrN5O/c1-4-6-9-27(15-29)20-10-17(16-7-8-16)13-28-14-19(26-22(20)28)12-25-18(5-2)11-21(23)24-3/h5,10-11,13-16,24H,2,4,6-9,12H2,1,3H3/b21-11-,25-18?. The first-order valence-electron chi connectivity index (χ1n) is 10.0. The third-order valence-electron chi connectivity index (χ3n) is 4.99. The van der Waals surface area contributed by atoms with E-state index in [-0.39, 0.29) is 0 Å². The van der Waals surface area contributed by atoms with Crippen LogP contribution in [0, 0.1) is 0 Å². The van der Waals surface area contributed by atoms with E-state index >= 15 is 0 Å². The number of aromatic nitrogens is 2. The van der Waals surface area contributed by atoms with Crippen molar-refractivity contribution in [2.24, 2.45) is 4.99 Å². The molecular formula is C22H28BrN5O. The molecule has 1 N–H and O–H groups in total. The van der Waals surface area contributed by atoms with Gasteiger partial charge >= 0.3 is 0 Å². The minimum Gasteiger partial charge on any atom is -0.382 e. The van der Waals surface area contributed by atoms with Gasteiger partial charge in [-0.15, -0.1) is 0 Å². The number of aliphatic imine (C=N–C) groups is 1. The summed E-state index contributed by atoms with van der Waals surface area (Å²) in [4.78, 5) is 23.0. The fraction of sp³-hybridized carbons (Fsp3) is 0.409. The van der Waals surface area contributed by atoms with Gasteiger partial charge in [0.15, 0.2) is 5.65 Å².